The van der Waals surface area contributed by atoms with Crippen molar-refractivity contribution in [3.63, 3.8) is 0 Å². The van der Waals surface area contributed by atoms with E-state index in [0.717, 1.165) is 30.8 Å². The Bertz CT molecular complexity index is 348. The van der Waals surface area contributed by atoms with Gasteiger partial charge in [-0.2, -0.15) is 0 Å². The summed E-state index contributed by atoms with van der Waals surface area (Å²) in [5.41, 5.74) is 9.12. The van der Waals surface area contributed by atoms with E-state index in [-0.39, 0.29) is 0 Å². The molecule has 1 aliphatic rings. The van der Waals surface area contributed by atoms with E-state index in [0.29, 0.717) is 11.9 Å². The van der Waals surface area contributed by atoms with Crippen LogP contribution in [0.4, 0.5) is 5.95 Å². The van der Waals surface area contributed by atoms with E-state index >= 15 is 0 Å². The summed E-state index contributed by atoms with van der Waals surface area (Å²) in [6.07, 6.45) is 2.20. The first-order chi connectivity index (χ1) is 6.72. The molecule has 0 spiro atoms. The van der Waals surface area contributed by atoms with Gasteiger partial charge < -0.3 is 11.1 Å². The lowest BCUT2D eigenvalue weighted by molar-refractivity contribution is 0.620. The van der Waals surface area contributed by atoms with Crippen LogP contribution in [0.5, 0.6) is 0 Å². The fraction of sp³-hybridized carbons (Fsp3) is 0.600. The third kappa shape index (κ3) is 1.46. The highest BCUT2D eigenvalue weighted by Crippen LogP contribution is 2.33. The molecule has 0 saturated heterocycles. The Morgan fingerprint density at radius 1 is 1.50 bits per heavy atom. The van der Waals surface area contributed by atoms with Gasteiger partial charge in [0, 0.05) is 23.9 Å². The molecule has 0 bridgehead atoms. The fourth-order valence-corrected chi connectivity index (χ4v) is 2.29. The van der Waals surface area contributed by atoms with Gasteiger partial charge in [-0.1, -0.05) is 0 Å². The Hall–Kier alpha value is -1.16. The van der Waals surface area contributed by atoms with Crippen molar-refractivity contribution in [1.29, 1.82) is 0 Å². The number of nitrogens with zero attached hydrogens (tertiary/aromatic N) is 2. The Labute approximate surface area is 83.9 Å². The van der Waals surface area contributed by atoms with Crippen molar-refractivity contribution in [1.82, 2.24) is 15.3 Å². The average Bonchev–Trinajstić information content (AvgIpc) is 2.49. The van der Waals surface area contributed by atoms with Crippen LogP contribution >= 0.6 is 0 Å². The molecule has 1 atom stereocenters. The SMILES string of the molecule is CNCC1CCc2nc(N)nc(C)c21. The van der Waals surface area contributed by atoms with E-state index in [1.807, 2.05) is 14.0 Å². The minimum absolute atomic E-state index is 0.409. The summed E-state index contributed by atoms with van der Waals surface area (Å²) in [6.45, 7) is 3.02. The number of nitrogens with one attached hydrogen (secondary N) is 1. The number of hydrogen-bond acceptors (Lipinski definition) is 4. The molecule has 0 aromatic carbocycles. The van der Waals surface area contributed by atoms with Crippen LogP contribution in [0.1, 0.15) is 29.3 Å². The second-order valence-electron chi connectivity index (χ2n) is 3.82. The number of hydrogen-bond donors (Lipinski definition) is 2. The highest BCUT2D eigenvalue weighted by atomic mass is 15.0. The number of rotatable bonds is 2. The topological polar surface area (TPSA) is 63.8 Å². The quantitative estimate of drug-likeness (QED) is 0.721. The monoisotopic (exact) mass is 192 g/mol. The third-order valence-electron chi connectivity index (χ3n) is 2.82. The lowest BCUT2D eigenvalue weighted by Gasteiger charge is -2.12. The van der Waals surface area contributed by atoms with Crippen molar-refractivity contribution in [3.05, 3.63) is 17.0 Å². The van der Waals surface area contributed by atoms with Crippen LogP contribution in [0.3, 0.4) is 0 Å². The summed E-state index contributed by atoms with van der Waals surface area (Å²) in [5.74, 6) is 0.974. The van der Waals surface area contributed by atoms with E-state index in [1.165, 1.54) is 5.56 Å². The van der Waals surface area contributed by atoms with E-state index in [2.05, 4.69) is 15.3 Å². The second-order valence-corrected chi connectivity index (χ2v) is 3.82. The summed E-state index contributed by atoms with van der Waals surface area (Å²) < 4.78 is 0. The van der Waals surface area contributed by atoms with Gasteiger partial charge in [0.25, 0.3) is 0 Å². The van der Waals surface area contributed by atoms with Gasteiger partial charge in [-0.3, -0.25) is 0 Å². The standard InChI is InChI=1S/C10H16N4/c1-6-9-7(5-12-2)3-4-8(9)14-10(11)13-6/h7,12H,3-5H2,1-2H3,(H2,11,13,14). The number of nitrogen functional groups attached to an aromatic ring is 1. The highest BCUT2D eigenvalue weighted by molar-refractivity contribution is 5.37. The molecule has 0 saturated carbocycles. The van der Waals surface area contributed by atoms with Gasteiger partial charge in [-0.05, 0) is 32.4 Å². The molecule has 1 heterocycles. The molecule has 4 heteroatoms. The van der Waals surface area contributed by atoms with E-state index in [4.69, 9.17) is 5.73 Å². The van der Waals surface area contributed by atoms with Crippen LogP contribution in [0.2, 0.25) is 0 Å². The molecular weight excluding hydrogens is 176 g/mol. The summed E-state index contributed by atoms with van der Waals surface area (Å²) >= 11 is 0. The zero-order chi connectivity index (χ0) is 10.1. The molecule has 0 radical (unpaired) electrons. The van der Waals surface area contributed by atoms with Crippen LogP contribution in [0, 0.1) is 6.92 Å². The largest absolute Gasteiger partial charge is 0.368 e. The van der Waals surface area contributed by atoms with Crippen molar-refractivity contribution in [2.75, 3.05) is 19.3 Å². The fourth-order valence-electron chi connectivity index (χ4n) is 2.29. The zero-order valence-corrected chi connectivity index (χ0v) is 8.67. The van der Waals surface area contributed by atoms with Crippen LogP contribution in [0.15, 0.2) is 0 Å². The van der Waals surface area contributed by atoms with E-state index < -0.39 is 0 Å². The maximum absolute atomic E-state index is 5.61. The van der Waals surface area contributed by atoms with Crippen molar-refractivity contribution in [2.45, 2.75) is 25.7 Å². The second kappa shape index (κ2) is 3.53. The van der Waals surface area contributed by atoms with Crippen LogP contribution < -0.4 is 11.1 Å². The molecule has 14 heavy (non-hydrogen) atoms. The molecule has 1 aromatic heterocycles. The molecule has 76 valence electrons. The molecule has 1 aromatic rings. The van der Waals surface area contributed by atoms with Crippen LogP contribution in [-0.4, -0.2) is 23.6 Å². The van der Waals surface area contributed by atoms with Gasteiger partial charge in [-0.15, -0.1) is 0 Å². The Balaban J connectivity index is 2.39. The number of likely N-dealkylation sites (N-methyl/N-ethyl adjacent to an activating group) is 1. The normalized spacial score (nSPS) is 19.7. The minimum Gasteiger partial charge on any atom is -0.368 e. The highest BCUT2D eigenvalue weighted by Gasteiger charge is 2.25. The molecule has 1 aliphatic carbocycles. The molecule has 1 unspecified atom stereocenters. The van der Waals surface area contributed by atoms with Crippen molar-refractivity contribution in [2.24, 2.45) is 0 Å². The van der Waals surface area contributed by atoms with Gasteiger partial charge in [0.15, 0.2) is 0 Å². The molecule has 0 amide bonds. The first-order valence-electron chi connectivity index (χ1n) is 5.00. The summed E-state index contributed by atoms with van der Waals surface area (Å²) in [4.78, 5) is 8.50. The molecule has 0 aliphatic heterocycles. The number of aryl methyl sites for hydroxylation is 2. The predicted octanol–water partition coefficient (Wildman–Crippen LogP) is 0.616. The van der Waals surface area contributed by atoms with Crippen molar-refractivity contribution < 1.29 is 0 Å². The molecule has 0 fully saturated rings. The maximum Gasteiger partial charge on any atom is 0.220 e. The van der Waals surface area contributed by atoms with Gasteiger partial charge in [0.1, 0.15) is 0 Å². The van der Waals surface area contributed by atoms with Crippen molar-refractivity contribution >= 4 is 5.95 Å². The molecule has 4 nitrogen and oxygen atoms in total. The first-order valence-corrected chi connectivity index (χ1v) is 5.00. The maximum atomic E-state index is 5.61. The van der Waals surface area contributed by atoms with Gasteiger partial charge in [-0.25, -0.2) is 9.97 Å². The molecule has 2 rings (SSSR count). The summed E-state index contributed by atoms with van der Waals surface area (Å²) in [7, 11) is 1.98. The summed E-state index contributed by atoms with van der Waals surface area (Å²) in [5, 5.41) is 3.21. The minimum atomic E-state index is 0.409. The lowest BCUT2D eigenvalue weighted by atomic mass is 10.0. The van der Waals surface area contributed by atoms with Gasteiger partial charge >= 0.3 is 0 Å². The number of fused-ring (bicyclic) bond motifs is 1. The van der Waals surface area contributed by atoms with Gasteiger partial charge in [0.2, 0.25) is 5.95 Å². The third-order valence-corrected chi connectivity index (χ3v) is 2.82. The van der Waals surface area contributed by atoms with Crippen molar-refractivity contribution in [3.8, 4) is 0 Å². The zero-order valence-electron chi connectivity index (χ0n) is 8.67. The average molecular weight is 192 g/mol. The van der Waals surface area contributed by atoms with Crippen LogP contribution in [0.25, 0.3) is 0 Å². The number of nitrogens with two attached hydrogens (primary N) is 1. The van der Waals surface area contributed by atoms with E-state index in [1.54, 1.807) is 0 Å². The summed E-state index contributed by atoms with van der Waals surface area (Å²) in [6, 6.07) is 0. The molecule has 3 N–H and O–H groups in total. The lowest BCUT2D eigenvalue weighted by Crippen LogP contribution is -2.16. The van der Waals surface area contributed by atoms with Gasteiger partial charge in [0.05, 0.1) is 0 Å². The Morgan fingerprint density at radius 2 is 2.29 bits per heavy atom. The smallest absolute Gasteiger partial charge is 0.220 e. The number of anilines is 1. The van der Waals surface area contributed by atoms with E-state index in [9.17, 15) is 0 Å². The van der Waals surface area contributed by atoms with Crippen LogP contribution in [-0.2, 0) is 6.42 Å². The predicted molar refractivity (Wildman–Crippen MR) is 56.2 cm³/mol. The Kier molecular flexibility index (Phi) is 2.37. The molecular formula is C10H16N4. The first kappa shape index (κ1) is 9.40. The Morgan fingerprint density at radius 3 is 3.00 bits per heavy atom. The number of aromatic nitrogens is 2.